The minimum atomic E-state index is -3.70. The molecule has 0 unspecified atom stereocenters. The predicted molar refractivity (Wildman–Crippen MR) is 123 cm³/mol. The first-order valence-electron chi connectivity index (χ1n) is 9.88. The molecule has 1 aliphatic carbocycles. The Bertz CT molecular complexity index is 1250. The summed E-state index contributed by atoms with van der Waals surface area (Å²) in [5.74, 6) is 0.474. The summed E-state index contributed by atoms with van der Waals surface area (Å²) in [6, 6.07) is 8.93. The van der Waals surface area contributed by atoms with Crippen molar-refractivity contribution in [2.24, 2.45) is 5.92 Å². The van der Waals surface area contributed by atoms with Crippen molar-refractivity contribution in [2.45, 2.75) is 37.8 Å². The van der Waals surface area contributed by atoms with Gasteiger partial charge in [0.1, 0.15) is 15.6 Å². The lowest BCUT2D eigenvalue weighted by molar-refractivity contribution is -0.117. The average molecular weight is 458 g/mol. The van der Waals surface area contributed by atoms with Crippen LogP contribution in [0.25, 0.3) is 12.2 Å². The molecule has 0 atom stereocenters. The van der Waals surface area contributed by atoms with Crippen LogP contribution >= 0.6 is 11.3 Å². The van der Waals surface area contributed by atoms with E-state index in [1.165, 1.54) is 0 Å². The molecule has 1 saturated carbocycles. The Morgan fingerprint density at radius 3 is 2.48 bits per heavy atom. The maximum absolute atomic E-state index is 12.8. The summed E-state index contributed by atoms with van der Waals surface area (Å²) in [6.45, 7) is 5.50. The SMILES string of the molecule is Cc1cccc(C)c1NS(=O)(=O)c1ccc(/C=C/c2onc(C)c2NC(=O)C2CC2)s1. The summed E-state index contributed by atoms with van der Waals surface area (Å²) in [6.07, 6.45) is 5.24. The maximum Gasteiger partial charge on any atom is 0.271 e. The Labute approximate surface area is 185 Å². The third-order valence-corrected chi connectivity index (χ3v) is 7.96. The van der Waals surface area contributed by atoms with E-state index in [0.717, 1.165) is 40.2 Å². The van der Waals surface area contributed by atoms with Gasteiger partial charge in [0.05, 0.1) is 5.69 Å². The van der Waals surface area contributed by atoms with Gasteiger partial charge in [-0.25, -0.2) is 8.42 Å². The number of nitrogens with one attached hydrogen (secondary N) is 2. The average Bonchev–Trinajstić information content (AvgIpc) is 3.37. The highest BCUT2D eigenvalue weighted by atomic mass is 32.2. The monoisotopic (exact) mass is 457 g/mol. The number of anilines is 2. The molecule has 4 rings (SSSR count). The van der Waals surface area contributed by atoms with E-state index >= 15 is 0 Å². The van der Waals surface area contributed by atoms with E-state index in [0.29, 0.717) is 22.8 Å². The van der Waals surface area contributed by atoms with Crippen molar-refractivity contribution in [3.63, 3.8) is 0 Å². The molecule has 1 aromatic carbocycles. The van der Waals surface area contributed by atoms with Gasteiger partial charge in [0.15, 0.2) is 5.76 Å². The number of hydrogen-bond donors (Lipinski definition) is 2. The number of hydrogen-bond acceptors (Lipinski definition) is 6. The number of carbonyl (C=O) groups excluding carboxylic acids is 1. The van der Waals surface area contributed by atoms with Crippen LogP contribution in [-0.2, 0) is 14.8 Å². The fraction of sp³-hybridized carbons (Fsp3) is 0.273. The Morgan fingerprint density at radius 1 is 1.10 bits per heavy atom. The number of para-hydroxylation sites is 1. The zero-order valence-electron chi connectivity index (χ0n) is 17.4. The molecule has 2 heterocycles. The summed E-state index contributed by atoms with van der Waals surface area (Å²) in [5, 5.41) is 6.80. The zero-order valence-corrected chi connectivity index (χ0v) is 19.1. The molecule has 9 heteroatoms. The maximum atomic E-state index is 12.8. The highest BCUT2D eigenvalue weighted by molar-refractivity contribution is 7.94. The molecule has 1 amide bonds. The van der Waals surface area contributed by atoms with Gasteiger partial charge in [-0.05, 0) is 69.0 Å². The minimum Gasteiger partial charge on any atom is -0.354 e. The van der Waals surface area contributed by atoms with Crippen molar-refractivity contribution in [1.29, 1.82) is 0 Å². The first kappa shape index (κ1) is 21.3. The number of benzene rings is 1. The Balaban J connectivity index is 1.52. The number of rotatable bonds is 7. The molecule has 2 N–H and O–H groups in total. The van der Waals surface area contributed by atoms with Crippen molar-refractivity contribution in [1.82, 2.24) is 5.16 Å². The molecule has 2 aromatic heterocycles. The zero-order chi connectivity index (χ0) is 22.2. The molecule has 0 bridgehead atoms. The van der Waals surface area contributed by atoms with E-state index < -0.39 is 10.0 Å². The lowest BCUT2D eigenvalue weighted by atomic mass is 10.1. The quantitative estimate of drug-likeness (QED) is 0.521. The van der Waals surface area contributed by atoms with Crippen LogP contribution in [-0.4, -0.2) is 19.5 Å². The third-order valence-electron chi connectivity index (χ3n) is 5.07. The van der Waals surface area contributed by atoms with Crippen LogP contribution in [0.4, 0.5) is 11.4 Å². The second kappa shape index (κ2) is 8.32. The van der Waals surface area contributed by atoms with Crippen molar-refractivity contribution >= 4 is 50.8 Å². The smallest absolute Gasteiger partial charge is 0.271 e. The molecule has 1 aliphatic rings. The number of nitrogens with zero attached hydrogens (tertiary/aromatic N) is 1. The summed E-state index contributed by atoms with van der Waals surface area (Å²) in [4.78, 5) is 12.8. The first-order chi connectivity index (χ1) is 14.7. The summed E-state index contributed by atoms with van der Waals surface area (Å²) < 4.78 is 33.9. The van der Waals surface area contributed by atoms with E-state index in [1.807, 2.05) is 32.0 Å². The molecule has 1 fully saturated rings. The molecule has 162 valence electrons. The fourth-order valence-electron chi connectivity index (χ4n) is 3.11. The van der Waals surface area contributed by atoms with Crippen LogP contribution in [0.5, 0.6) is 0 Å². The van der Waals surface area contributed by atoms with Crippen LogP contribution in [0.15, 0.2) is 39.1 Å². The van der Waals surface area contributed by atoms with Gasteiger partial charge < -0.3 is 9.84 Å². The number of aromatic nitrogens is 1. The summed E-state index contributed by atoms with van der Waals surface area (Å²) in [5.41, 5.74) is 3.47. The summed E-state index contributed by atoms with van der Waals surface area (Å²) >= 11 is 1.14. The molecule has 7 nitrogen and oxygen atoms in total. The van der Waals surface area contributed by atoms with Crippen molar-refractivity contribution in [2.75, 3.05) is 10.0 Å². The molecular weight excluding hydrogens is 434 g/mol. The van der Waals surface area contributed by atoms with Crippen LogP contribution in [0, 0.1) is 26.7 Å². The van der Waals surface area contributed by atoms with Gasteiger partial charge in [-0.3, -0.25) is 9.52 Å². The third kappa shape index (κ3) is 4.72. The Kier molecular flexibility index (Phi) is 5.72. The molecule has 0 spiro atoms. The normalized spacial score (nSPS) is 14.2. The Hall–Kier alpha value is -2.91. The van der Waals surface area contributed by atoms with Crippen molar-refractivity contribution < 1.29 is 17.7 Å². The van der Waals surface area contributed by atoms with Gasteiger partial charge in [-0.15, -0.1) is 11.3 Å². The molecular formula is C22H23N3O4S2. The van der Waals surface area contributed by atoms with Gasteiger partial charge in [0, 0.05) is 10.8 Å². The molecule has 31 heavy (non-hydrogen) atoms. The molecule has 0 aliphatic heterocycles. The minimum absolute atomic E-state index is 0.0250. The van der Waals surface area contributed by atoms with Crippen LogP contribution in [0.1, 0.15) is 40.3 Å². The number of carbonyl (C=O) groups is 1. The van der Waals surface area contributed by atoms with Crippen LogP contribution in [0.2, 0.25) is 0 Å². The predicted octanol–water partition coefficient (Wildman–Crippen LogP) is 4.98. The standard InChI is InChI=1S/C22H23N3O4S2/c1-13-5-4-6-14(2)20(13)25-31(27,28)19-12-10-17(30-19)9-11-18-21(15(3)24-29-18)23-22(26)16-7-8-16/h4-6,9-12,16,25H,7-8H2,1-3H3,(H,23,26)/b11-9+. The second-order valence-electron chi connectivity index (χ2n) is 7.63. The lowest BCUT2D eigenvalue weighted by Gasteiger charge is -2.11. The second-order valence-corrected chi connectivity index (χ2v) is 10.7. The number of aryl methyl sites for hydroxylation is 3. The van der Waals surface area contributed by atoms with Crippen molar-refractivity contribution in [3.05, 3.63) is 57.8 Å². The van der Waals surface area contributed by atoms with Crippen LogP contribution < -0.4 is 10.0 Å². The van der Waals surface area contributed by atoms with Crippen molar-refractivity contribution in [3.8, 4) is 0 Å². The van der Waals surface area contributed by atoms with E-state index in [4.69, 9.17) is 4.52 Å². The molecule has 3 aromatic rings. The fourth-order valence-corrected chi connectivity index (χ4v) is 5.54. The number of amides is 1. The Morgan fingerprint density at radius 2 is 1.81 bits per heavy atom. The van der Waals surface area contributed by atoms with Gasteiger partial charge >= 0.3 is 0 Å². The molecule has 0 radical (unpaired) electrons. The number of thiophene rings is 1. The van der Waals surface area contributed by atoms with Gasteiger partial charge in [-0.1, -0.05) is 23.4 Å². The van der Waals surface area contributed by atoms with E-state index in [1.54, 1.807) is 31.2 Å². The van der Waals surface area contributed by atoms with E-state index in [2.05, 4.69) is 15.2 Å². The topological polar surface area (TPSA) is 101 Å². The van der Waals surface area contributed by atoms with E-state index in [9.17, 15) is 13.2 Å². The highest BCUT2D eigenvalue weighted by Gasteiger charge is 2.30. The largest absolute Gasteiger partial charge is 0.354 e. The number of sulfonamides is 1. The van der Waals surface area contributed by atoms with Crippen LogP contribution in [0.3, 0.4) is 0 Å². The summed E-state index contributed by atoms with van der Waals surface area (Å²) in [7, 11) is -3.70. The first-order valence-corrected chi connectivity index (χ1v) is 12.2. The van der Waals surface area contributed by atoms with Gasteiger partial charge in [0.2, 0.25) is 5.91 Å². The van der Waals surface area contributed by atoms with E-state index in [-0.39, 0.29) is 16.0 Å². The van der Waals surface area contributed by atoms with Gasteiger partial charge in [0.25, 0.3) is 10.0 Å². The molecule has 0 saturated heterocycles. The highest BCUT2D eigenvalue weighted by Crippen LogP contribution is 2.32. The lowest BCUT2D eigenvalue weighted by Crippen LogP contribution is -2.14. The van der Waals surface area contributed by atoms with Gasteiger partial charge in [-0.2, -0.15) is 0 Å².